The van der Waals surface area contributed by atoms with Crippen LogP contribution in [0.15, 0.2) is 18.2 Å². The molecule has 1 heterocycles. The summed E-state index contributed by atoms with van der Waals surface area (Å²) in [7, 11) is 0. The van der Waals surface area contributed by atoms with Crippen molar-refractivity contribution in [2.75, 3.05) is 10.7 Å². The summed E-state index contributed by atoms with van der Waals surface area (Å²) < 4.78 is 0. The Kier molecular flexibility index (Phi) is 5.33. The van der Waals surface area contributed by atoms with E-state index in [0.29, 0.717) is 10.7 Å². The van der Waals surface area contributed by atoms with E-state index >= 15 is 0 Å². The van der Waals surface area contributed by atoms with Crippen molar-refractivity contribution in [2.24, 2.45) is 5.73 Å². The molecule has 2 amide bonds. The molecule has 22 heavy (non-hydrogen) atoms. The number of carboxylic acid groups (broad SMARTS) is 1. The SMILES string of the molecule is N[C@H](CS[C@@H]1CC(=O)N(c2ccc(Cl)c(Cl)c2)C1=O)C(=O)O. The van der Waals surface area contributed by atoms with Crippen LogP contribution in [0.2, 0.25) is 10.0 Å². The molecule has 1 saturated heterocycles. The zero-order valence-corrected chi connectivity index (χ0v) is 13.5. The molecule has 0 saturated carbocycles. The second-order valence-corrected chi connectivity index (χ2v) is 6.69. The van der Waals surface area contributed by atoms with Crippen LogP contribution < -0.4 is 10.6 Å². The van der Waals surface area contributed by atoms with Crippen LogP contribution in [0.5, 0.6) is 0 Å². The Balaban J connectivity index is 2.11. The lowest BCUT2D eigenvalue weighted by Gasteiger charge is -2.16. The van der Waals surface area contributed by atoms with Crippen molar-refractivity contribution in [3.8, 4) is 0 Å². The predicted molar refractivity (Wildman–Crippen MR) is 85.4 cm³/mol. The van der Waals surface area contributed by atoms with Crippen LogP contribution in [0.4, 0.5) is 5.69 Å². The van der Waals surface area contributed by atoms with Gasteiger partial charge in [-0.2, -0.15) is 0 Å². The number of nitrogens with zero attached hydrogens (tertiary/aromatic N) is 1. The van der Waals surface area contributed by atoms with Gasteiger partial charge in [0.15, 0.2) is 0 Å². The second-order valence-electron chi connectivity index (χ2n) is 4.64. The fraction of sp³-hybridized carbons (Fsp3) is 0.308. The molecular formula is C13H12Cl2N2O4S. The monoisotopic (exact) mass is 362 g/mol. The van der Waals surface area contributed by atoms with Crippen molar-refractivity contribution in [1.29, 1.82) is 0 Å². The average Bonchev–Trinajstić information content (AvgIpc) is 2.74. The fourth-order valence-electron chi connectivity index (χ4n) is 1.92. The Morgan fingerprint density at radius 3 is 2.68 bits per heavy atom. The topological polar surface area (TPSA) is 101 Å². The number of halogens is 2. The molecule has 1 fully saturated rings. The summed E-state index contributed by atoms with van der Waals surface area (Å²) in [5.41, 5.74) is 5.74. The zero-order valence-electron chi connectivity index (χ0n) is 11.2. The van der Waals surface area contributed by atoms with Crippen LogP contribution in [0.25, 0.3) is 0 Å². The van der Waals surface area contributed by atoms with E-state index in [1.807, 2.05) is 0 Å². The standard InChI is InChI=1S/C13H12Cl2N2O4S/c14-7-2-1-6(3-8(7)15)17-11(18)4-10(12(17)19)22-5-9(16)13(20)21/h1-3,9-10H,4-5,16H2,(H,20,21)/t9-,10-/m1/s1. The minimum absolute atomic E-state index is 0.00388. The van der Waals surface area contributed by atoms with Crippen LogP contribution in [-0.2, 0) is 14.4 Å². The number of carbonyl (C=O) groups excluding carboxylic acids is 2. The van der Waals surface area contributed by atoms with Gasteiger partial charge in [0.2, 0.25) is 11.8 Å². The van der Waals surface area contributed by atoms with E-state index in [2.05, 4.69) is 0 Å². The third-order valence-corrected chi connectivity index (χ3v) is 5.12. The van der Waals surface area contributed by atoms with Gasteiger partial charge in [-0.15, -0.1) is 11.8 Å². The summed E-state index contributed by atoms with van der Waals surface area (Å²) in [6.07, 6.45) is -0.00388. The Bertz CT molecular complexity index is 640. The number of carboxylic acids is 1. The molecule has 6 nitrogen and oxygen atoms in total. The lowest BCUT2D eigenvalue weighted by Crippen LogP contribution is -2.35. The van der Waals surface area contributed by atoms with Crippen LogP contribution in [0.3, 0.4) is 0 Å². The molecule has 0 spiro atoms. The minimum atomic E-state index is -1.15. The molecule has 2 rings (SSSR count). The number of hydrogen-bond acceptors (Lipinski definition) is 5. The van der Waals surface area contributed by atoms with Gasteiger partial charge in [0.1, 0.15) is 6.04 Å². The van der Waals surface area contributed by atoms with Gasteiger partial charge in [-0.1, -0.05) is 23.2 Å². The van der Waals surface area contributed by atoms with E-state index in [1.165, 1.54) is 18.2 Å². The number of amides is 2. The number of thioether (sulfide) groups is 1. The van der Waals surface area contributed by atoms with Crippen molar-refractivity contribution in [3.05, 3.63) is 28.2 Å². The maximum atomic E-state index is 12.3. The maximum absolute atomic E-state index is 12.3. The van der Waals surface area contributed by atoms with Crippen LogP contribution >= 0.6 is 35.0 Å². The van der Waals surface area contributed by atoms with Crippen LogP contribution in [0.1, 0.15) is 6.42 Å². The fourth-order valence-corrected chi connectivity index (χ4v) is 3.30. The van der Waals surface area contributed by atoms with E-state index in [4.69, 9.17) is 34.0 Å². The Hall–Kier alpha value is -1.28. The highest BCUT2D eigenvalue weighted by Crippen LogP contribution is 2.33. The van der Waals surface area contributed by atoms with Crippen molar-refractivity contribution in [2.45, 2.75) is 17.7 Å². The van der Waals surface area contributed by atoms with E-state index < -0.39 is 23.2 Å². The predicted octanol–water partition coefficient (Wildman–Crippen LogP) is 1.77. The summed E-state index contributed by atoms with van der Waals surface area (Å²) in [6.45, 7) is 0. The zero-order chi connectivity index (χ0) is 16.4. The van der Waals surface area contributed by atoms with E-state index in [1.54, 1.807) is 0 Å². The molecule has 0 radical (unpaired) electrons. The molecule has 1 aromatic carbocycles. The molecule has 1 aliphatic heterocycles. The highest BCUT2D eigenvalue weighted by atomic mass is 35.5. The van der Waals surface area contributed by atoms with Gasteiger partial charge in [-0.3, -0.25) is 14.4 Å². The molecule has 0 aromatic heterocycles. The molecule has 0 aliphatic carbocycles. The van der Waals surface area contributed by atoms with Crippen LogP contribution in [-0.4, -0.2) is 39.9 Å². The van der Waals surface area contributed by atoms with Gasteiger partial charge in [0, 0.05) is 12.2 Å². The largest absolute Gasteiger partial charge is 0.480 e. The Morgan fingerprint density at radius 1 is 1.41 bits per heavy atom. The Morgan fingerprint density at radius 2 is 2.09 bits per heavy atom. The number of benzene rings is 1. The summed E-state index contributed by atoms with van der Waals surface area (Å²) in [6, 6.07) is 3.39. The minimum Gasteiger partial charge on any atom is -0.480 e. The average molecular weight is 363 g/mol. The summed E-state index contributed by atoms with van der Waals surface area (Å²) >= 11 is 12.8. The van der Waals surface area contributed by atoms with Crippen molar-refractivity contribution in [1.82, 2.24) is 0 Å². The summed E-state index contributed by atoms with van der Waals surface area (Å²) in [5.74, 6) is -1.88. The van der Waals surface area contributed by atoms with E-state index in [0.717, 1.165) is 16.7 Å². The molecule has 118 valence electrons. The third-order valence-electron chi connectivity index (χ3n) is 3.06. The smallest absolute Gasteiger partial charge is 0.321 e. The lowest BCUT2D eigenvalue weighted by atomic mass is 10.3. The van der Waals surface area contributed by atoms with Gasteiger partial charge in [0.05, 0.1) is 21.0 Å². The number of hydrogen-bond donors (Lipinski definition) is 2. The van der Waals surface area contributed by atoms with Gasteiger partial charge < -0.3 is 10.8 Å². The highest BCUT2D eigenvalue weighted by molar-refractivity contribution is 8.00. The number of imide groups is 1. The van der Waals surface area contributed by atoms with E-state index in [9.17, 15) is 14.4 Å². The lowest BCUT2D eigenvalue weighted by molar-refractivity contribution is -0.138. The first-order chi connectivity index (χ1) is 10.3. The molecule has 1 aromatic rings. The first kappa shape index (κ1) is 17.1. The van der Waals surface area contributed by atoms with Gasteiger partial charge in [-0.25, -0.2) is 4.90 Å². The Labute approximate surface area is 140 Å². The normalized spacial score (nSPS) is 19.6. The number of anilines is 1. The molecule has 9 heteroatoms. The van der Waals surface area contributed by atoms with Crippen molar-refractivity contribution >= 4 is 58.4 Å². The first-order valence-electron chi connectivity index (χ1n) is 6.23. The molecule has 2 atom stereocenters. The summed E-state index contributed by atoms with van der Waals surface area (Å²) in [5, 5.41) is 8.65. The molecule has 3 N–H and O–H groups in total. The number of rotatable bonds is 5. The van der Waals surface area contributed by atoms with Crippen LogP contribution in [0, 0.1) is 0 Å². The van der Waals surface area contributed by atoms with Gasteiger partial charge in [0.25, 0.3) is 0 Å². The first-order valence-corrected chi connectivity index (χ1v) is 8.03. The summed E-state index contributed by atoms with van der Waals surface area (Å²) in [4.78, 5) is 36.1. The quantitative estimate of drug-likeness (QED) is 0.774. The molecule has 0 unspecified atom stereocenters. The molecule has 0 bridgehead atoms. The van der Waals surface area contributed by atoms with Gasteiger partial charge in [-0.05, 0) is 18.2 Å². The second kappa shape index (κ2) is 6.87. The van der Waals surface area contributed by atoms with E-state index in [-0.39, 0.29) is 23.1 Å². The number of aliphatic carboxylic acids is 1. The number of nitrogens with two attached hydrogens (primary N) is 1. The van der Waals surface area contributed by atoms with Crippen molar-refractivity contribution in [3.63, 3.8) is 0 Å². The molecule has 1 aliphatic rings. The highest BCUT2D eigenvalue weighted by Gasteiger charge is 2.40. The maximum Gasteiger partial charge on any atom is 0.321 e. The van der Waals surface area contributed by atoms with Crippen molar-refractivity contribution < 1.29 is 19.5 Å². The molecular weight excluding hydrogens is 351 g/mol. The van der Waals surface area contributed by atoms with Gasteiger partial charge >= 0.3 is 5.97 Å². The third kappa shape index (κ3) is 3.55. The number of carbonyl (C=O) groups is 3.